The number of carbonyl (C=O) groups excluding carboxylic acids is 1. The van der Waals surface area contributed by atoms with Gasteiger partial charge in [-0.2, -0.15) is 0 Å². The molecule has 1 aliphatic rings. The number of aliphatic carboxylic acids is 1. The average molecular weight is 374 g/mol. The van der Waals surface area contributed by atoms with E-state index in [1.54, 1.807) is 6.92 Å². The van der Waals surface area contributed by atoms with Crippen LogP contribution in [0, 0.1) is 0 Å². The van der Waals surface area contributed by atoms with Gasteiger partial charge in [0.05, 0.1) is 12.3 Å². The van der Waals surface area contributed by atoms with Gasteiger partial charge in [0, 0.05) is 5.92 Å². The van der Waals surface area contributed by atoms with E-state index in [1.165, 1.54) is 11.8 Å². The van der Waals surface area contributed by atoms with Crippen molar-refractivity contribution in [3.8, 4) is 0 Å². The number of carbonyl (C=O) groups is 2. The fourth-order valence-corrected chi connectivity index (χ4v) is 3.43. The number of aromatic nitrogens is 3. The highest BCUT2D eigenvalue weighted by molar-refractivity contribution is 7.99. The largest absolute Gasteiger partial charge is 0.480 e. The molecular formula is C18H22N4O3S. The zero-order valence-corrected chi connectivity index (χ0v) is 15.4. The van der Waals surface area contributed by atoms with Crippen LogP contribution in [-0.4, -0.2) is 43.5 Å². The van der Waals surface area contributed by atoms with Crippen LogP contribution in [-0.2, 0) is 16.1 Å². The van der Waals surface area contributed by atoms with Crippen LogP contribution in [0.2, 0.25) is 0 Å². The Bertz CT molecular complexity index is 774. The van der Waals surface area contributed by atoms with E-state index in [0.717, 1.165) is 24.2 Å². The van der Waals surface area contributed by atoms with Crippen LogP contribution in [0.5, 0.6) is 0 Å². The second kappa shape index (κ2) is 8.35. The van der Waals surface area contributed by atoms with Gasteiger partial charge in [0.15, 0.2) is 5.16 Å². The zero-order chi connectivity index (χ0) is 18.5. The standard InChI is InChI=1S/C18H22N4O3S/c1-2-14(17(24)25)19-15(23)11-26-18-21-20-16(13-8-9-13)22(18)10-12-6-4-3-5-7-12/h3-7,13-14H,2,8-11H2,1H3,(H,19,23)(H,24,25). The number of nitrogens with one attached hydrogen (secondary N) is 1. The number of carboxylic acids is 1. The van der Waals surface area contributed by atoms with Crippen LogP contribution in [0.3, 0.4) is 0 Å². The van der Waals surface area contributed by atoms with Gasteiger partial charge in [0.1, 0.15) is 11.9 Å². The minimum Gasteiger partial charge on any atom is -0.480 e. The molecule has 1 aromatic carbocycles. The molecule has 26 heavy (non-hydrogen) atoms. The van der Waals surface area contributed by atoms with Gasteiger partial charge in [-0.15, -0.1) is 10.2 Å². The number of hydrogen-bond donors (Lipinski definition) is 2. The molecule has 1 saturated carbocycles. The maximum atomic E-state index is 12.1. The second-order valence-electron chi connectivity index (χ2n) is 6.34. The van der Waals surface area contributed by atoms with Crippen molar-refractivity contribution in [2.24, 2.45) is 0 Å². The van der Waals surface area contributed by atoms with Gasteiger partial charge in [-0.25, -0.2) is 4.79 Å². The Hall–Kier alpha value is -2.35. The molecule has 138 valence electrons. The van der Waals surface area contributed by atoms with Gasteiger partial charge < -0.3 is 15.0 Å². The summed E-state index contributed by atoms with van der Waals surface area (Å²) in [6.07, 6.45) is 2.59. The maximum absolute atomic E-state index is 12.1. The van der Waals surface area contributed by atoms with E-state index in [9.17, 15) is 9.59 Å². The summed E-state index contributed by atoms with van der Waals surface area (Å²) in [5, 5.41) is 20.8. The van der Waals surface area contributed by atoms with Gasteiger partial charge >= 0.3 is 5.97 Å². The first-order valence-electron chi connectivity index (χ1n) is 8.70. The van der Waals surface area contributed by atoms with Gasteiger partial charge in [-0.3, -0.25) is 4.79 Å². The van der Waals surface area contributed by atoms with Crippen LogP contribution in [0.1, 0.15) is 43.5 Å². The first kappa shape index (κ1) is 18.4. The first-order chi connectivity index (χ1) is 12.6. The van der Waals surface area contributed by atoms with E-state index in [4.69, 9.17) is 5.11 Å². The molecule has 1 atom stereocenters. The minimum absolute atomic E-state index is 0.112. The lowest BCUT2D eigenvalue weighted by Gasteiger charge is -2.12. The lowest BCUT2D eigenvalue weighted by atomic mass is 10.2. The topological polar surface area (TPSA) is 97.1 Å². The van der Waals surface area contributed by atoms with E-state index in [-0.39, 0.29) is 11.7 Å². The Labute approximate surface area is 156 Å². The summed E-state index contributed by atoms with van der Waals surface area (Å²) in [4.78, 5) is 23.1. The summed E-state index contributed by atoms with van der Waals surface area (Å²) in [6.45, 7) is 2.39. The predicted molar refractivity (Wildman–Crippen MR) is 98.1 cm³/mol. The van der Waals surface area contributed by atoms with Crippen LogP contribution >= 0.6 is 11.8 Å². The highest BCUT2D eigenvalue weighted by atomic mass is 32.2. The maximum Gasteiger partial charge on any atom is 0.326 e. The molecule has 7 nitrogen and oxygen atoms in total. The normalized spacial score (nSPS) is 14.8. The molecule has 1 aliphatic carbocycles. The van der Waals surface area contributed by atoms with Gasteiger partial charge in [-0.05, 0) is 24.8 Å². The van der Waals surface area contributed by atoms with Crippen LogP contribution in [0.4, 0.5) is 0 Å². The molecule has 1 unspecified atom stereocenters. The SMILES string of the molecule is CCC(NC(=O)CSc1nnc(C2CC2)n1Cc1ccccc1)C(=O)O. The second-order valence-corrected chi connectivity index (χ2v) is 7.28. The van der Waals surface area contributed by atoms with Gasteiger partial charge in [0.25, 0.3) is 0 Å². The fraction of sp³-hybridized carbons (Fsp3) is 0.444. The molecule has 0 spiro atoms. The van der Waals surface area contributed by atoms with Crippen molar-refractivity contribution in [2.45, 2.75) is 49.8 Å². The third-order valence-corrected chi connectivity index (χ3v) is 5.21. The number of amides is 1. The number of hydrogen-bond acceptors (Lipinski definition) is 5. The molecule has 1 heterocycles. The fourth-order valence-electron chi connectivity index (χ4n) is 2.67. The van der Waals surface area contributed by atoms with E-state index >= 15 is 0 Å². The Morgan fingerprint density at radius 2 is 2.04 bits per heavy atom. The highest BCUT2D eigenvalue weighted by Crippen LogP contribution is 2.40. The Morgan fingerprint density at radius 1 is 1.31 bits per heavy atom. The van der Waals surface area contributed by atoms with Gasteiger partial charge in [-0.1, -0.05) is 49.0 Å². The highest BCUT2D eigenvalue weighted by Gasteiger charge is 2.30. The Morgan fingerprint density at radius 3 is 2.65 bits per heavy atom. The quantitative estimate of drug-likeness (QED) is 0.654. The van der Waals surface area contributed by atoms with E-state index < -0.39 is 12.0 Å². The third kappa shape index (κ3) is 4.63. The molecule has 0 saturated heterocycles. The Kier molecular flexibility index (Phi) is 5.92. The number of carboxylic acid groups (broad SMARTS) is 1. The first-order valence-corrected chi connectivity index (χ1v) is 9.69. The molecule has 1 fully saturated rings. The number of rotatable bonds is 9. The van der Waals surface area contributed by atoms with Gasteiger partial charge in [0.2, 0.25) is 5.91 Å². The van der Waals surface area contributed by atoms with Crippen molar-refractivity contribution >= 4 is 23.6 Å². The molecule has 1 aromatic heterocycles. The van der Waals surface area contributed by atoms with Crippen molar-refractivity contribution in [3.63, 3.8) is 0 Å². The molecular weight excluding hydrogens is 352 g/mol. The molecule has 0 aliphatic heterocycles. The summed E-state index contributed by atoms with van der Waals surface area (Å²) in [5.41, 5.74) is 1.15. The summed E-state index contributed by atoms with van der Waals surface area (Å²) in [6, 6.07) is 9.21. The van der Waals surface area contributed by atoms with E-state index in [2.05, 4.69) is 32.2 Å². The number of benzene rings is 1. The molecule has 2 N–H and O–H groups in total. The lowest BCUT2D eigenvalue weighted by molar-refractivity contribution is -0.141. The van der Waals surface area contributed by atoms with Crippen LogP contribution in [0.25, 0.3) is 0 Å². The third-order valence-electron chi connectivity index (χ3n) is 4.25. The van der Waals surface area contributed by atoms with Crippen LogP contribution < -0.4 is 5.32 Å². The smallest absolute Gasteiger partial charge is 0.326 e. The number of thioether (sulfide) groups is 1. The predicted octanol–water partition coefficient (Wildman–Crippen LogP) is 2.28. The van der Waals surface area contributed by atoms with Crippen molar-refractivity contribution in [2.75, 3.05) is 5.75 Å². The van der Waals surface area contributed by atoms with Crippen molar-refractivity contribution in [3.05, 3.63) is 41.7 Å². The van der Waals surface area contributed by atoms with Crippen molar-refractivity contribution in [1.29, 1.82) is 0 Å². The zero-order valence-electron chi connectivity index (χ0n) is 14.6. The van der Waals surface area contributed by atoms with Crippen molar-refractivity contribution in [1.82, 2.24) is 20.1 Å². The molecule has 0 radical (unpaired) electrons. The summed E-state index contributed by atoms with van der Waals surface area (Å²) in [7, 11) is 0. The van der Waals surface area contributed by atoms with E-state index in [0.29, 0.717) is 24.0 Å². The molecule has 2 aromatic rings. The molecule has 8 heteroatoms. The summed E-state index contributed by atoms with van der Waals surface area (Å²) >= 11 is 1.29. The molecule has 1 amide bonds. The van der Waals surface area contributed by atoms with Crippen molar-refractivity contribution < 1.29 is 14.7 Å². The van der Waals surface area contributed by atoms with Crippen LogP contribution in [0.15, 0.2) is 35.5 Å². The average Bonchev–Trinajstić information content (AvgIpc) is 3.40. The monoisotopic (exact) mass is 374 g/mol. The number of nitrogens with zero attached hydrogens (tertiary/aromatic N) is 3. The minimum atomic E-state index is -1.02. The summed E-state index contributed by atoms with van der Waals surface area (Å²) in [5.74, 6) is 0.196. The van der Waals surface area contributed by atoms with E-state index in [1.807, 2.05) is 18.2 Å². The molecule has 0 bridgehead atoms. The summed E-state index contributed by atoms with van der Waals surface area (Å²) < 4.78 is 2.07. The lowest BCUT2D eigenvalue weighted by Crippen LogP contribution is -2.41. The Balaban J connectivity index is 1.68. The molecule has 3 rings (SSSR count).